The minimum absolute atomic E-state index is 0.748. The van der Waals surface area contributed by atoms with Crippen molar-refractivity contribution in [3.63, 3.8) is 0 Å². The van der Waals surface area contributed by atoms with Crippen molar-refractivity contribution in [1.82, 2.24) is 0 Å². The minimum Gasteiger partial charge on any atom is -0.480 e. The second kappa shape index (κ2) is 6.31. The number of Topliss-reactive ketones (excluding diaryl/α,β-unsaturated/α-hetero) is 1. The van der Waals surface area contributed by atoms with Crippen molar-refractivity contribution in [2.75, 3.05) is 0 Å². The molecule has 0 saturated heterocycles. The Kier molecular flexibility index (Phi) is 4.98. The van der Waals surface area contributed by atoms with Crippen LogP contribution in [0, 0.1) is 5.41 Å². The first kappa shape index (κ1) is 16.6. The molecule has 0 spiro atoms. The van der Waals surface area contributed by atoms with Gasteiger partial charge in [-0.3, -0.25) is 9.59 Å². The fourth-order valence-electron chi connectivity index (χ4n) is 1.64. The van der Waals surface area contributed by atoms with E-state index in [2.05, 4.69) is 0 Å². The summed E-state index contributed by atoms with van der Waals surface area (Å²) in [5.74, 6) is -5.25. The van der Waals surface area contributed by atoms with Gasteiger partial charge in [-0.1, -0.05) is 12.2 Å². The lowest BCUT2D eigenvalue weighted by Crippen LogP contribution is -2.35. The van der Waals surface area contributed by atoms with Crippen molar-refractivity contribution in [3.8, 4) is 0 Å². The molecular formula is C13H14O8. The fraction of sp³-hybridized carbons (Fsp3) is 0.385. The number of carbonyl (C=O) groups is 4. The third-order valence-corrected chi connectivity index (χ3v) is 2.85. The number of aliphatic hydroxyl groups excluding tert-OH is 1. The molecule has 1 atom stereocenters. The summed E-state index contributed by atoms with van der Waals surface area (Å²) in [6, 6.07) is 0. The highest BCUT2D eigenvalue weighted by Gasteiger charge is 2.39. The predicted octanol–water partition coefficient (Wildman–Crippen LogP) is -0.480. The molecule has 0 bridgehead atoms. The third-order valence-electron chi connectivity index (χ3n) is 2.85. The monoisotopic (exact) mass is 298 g/mol. The summed E-state index contributed by atoms with van der Waals surface area (Å²) in [5, 5.41) is 26.7. The van der Waals surface area contributed by atoms with E-state index in [1.165, 1.54) is 19.1 Å². The first-order valence-electron chi connectivity index (χ1n) is 5.95. The van der Waals surface area contributed by atoms with Crippen molar-refractivity contribution >= 4 is 23.7 Å². The van der Waals surface area contributed by atoms with Crippen molar-refractivity contribution in [2.45, 2.75) is 25.6 Å². The quantitative estimate of drug-likeness (QED) is 0.339. The summed E-state index contributed by atoms with van der Waals surface area (Å²) in [6.07, 6.45) is 1.65. The molecule has 8 heteroatoms. The van der Waals surface area contributed by atoms with Gasteiger partial charge in [0.1, 0.15) is 17.6 Å². The van der Waals surface area contributed by atoms with Gasteiger partial charge in [-0.15, -0.1) is 0 Å². The topological polar surface area (TPSA) is 138 Å². The zero-order valence-corrected chi connectivity index (χ0v) is 11.1. The summed E-state index contributed by atoms with van der Waals surface area (Å²) in [6.45, 7) is 1.21. The van der Waals surface area contributed by atoms with Crippen molar-refractivity contribution < 1.29 is 39.2 Å². The molecule has 0 saturated carbocycles. The molecule has 1 aliphatic carbocycles. The summed E-state index contributed by atoms with van der Waals surface area (Å²) in [7, 11) is 0. The minimum atomic E-state index is -1.79. The zero-order chi connectivity index (χ0) is 16.2. The van der Waals surface area contributed by atoms with E-state index in [0.29, 0.717) is 0 Å². The smallest absolute Gasteiger partial charge is 0.372 e. The van der Waals surface area contributed by atoms with E-state index in [-0.39, 0.29) is 0 Å². The Hall–Kier alpha value is -2.48. The molecule has 0 aromatic heterocycles. The van der Waals surface area contributed by atoms with E-state index in [1.807, 2.05) is 0 Å². The molecule has 0 fully saturated rings. The molecular weight excluding hydrogens is 284 g/mol. The number of aliphatic hydroxyl groups is 1. The highest BCUT2D eigenvalue weighted by molar-refractivity contribution is 6.33. The number of aliphatic carboxylic acids is 2. The lowest BCUT2D eigenvalue weighted by atomic mass is 9.79. The Labute approximate surface area is 119 Å². The normalized spacial score (nSPS) is 25.1. The standard InChI is InChI=1S/C13H14O8/c1-7(14)11(18)21-8-2-4-13(5-3-8,12(19)20)6-9(15)10(16)17/h2-5,7-8,14H,6H2,1H3,(H,16,17)(H,19,20). The van der Waals surface area contributed by atoms with Crippen LogP contribution in [-0.4, -0.2) is 51.2 Å². The van der Waals surface area contributed by atoms with Crippen LogP contribution >= 0.6 is 0 Å². The molecule has 8 nitrogen and oxygen atoms in total. The Balaban J connectivity index is 2.86. The van der Waals surface area contributed by atoms with Crippen LogP contribution in [0.4, 0.5) is 0 Å². The number of hydrogen-bond acceptors (Lipinski definition) is 6. The number of esters is 1. The van der Waals surface area contributed by atoms with Gasteiger partial charge < -0.3 is 20.1 Å². The van der Waals surface area contributed by atoms with Gasteiger partial charge in [-0.05, 0) is 19.1 Å². The Morgan fingerprint density at radius 3 is 2.10 bits per heavy atom. The summed E-state index contributed by atoms with van der Waals surface area (Å²) >= 11 is 0. The lowest BCUT2D eigenvalue weighted by molar-refractivity contribution is -0.154. The second-order valence-corrected chi connectivity index (χ2v) is 4.55. The molecule has 1 unspecified atom stereocenters. The van der Waals surface area contributed by atoms with Gasteiger partial charge in [-0.25, -0.2) is 9.59 Å². The van der Waals surface area contributed by atoms with E-state index in [1.54, 1.807) is 0 Å². The molecule has 0 radical (unpaired) electrons. The number of carboxylic acid groups (broad SMARTS) is 2. The molecule has 0 amide bonds. The van der Waals surface area contributed by atoms with Gasteiger partial charge in [0.25, 0.3) is 0 Å². The maximum absolute atomic E-state index is 11.3. The van der Waals surface area contributed by atoms with E-state index in [0.717, 1.165) is 12.2 Å². The van der Waals surface area contributed by atoms with Gasteiger partial charge in [0, 0.05) is 6.42 Å². The van der Waals surface area contributed by atoms with Crippen LogP contribution in [-0.2, 0) is 23.9 Å². The van der Waals surface area contributed by atoms with Gasteiger partial charge in [0.15, 0.2) is 0 Å². The largest absolute Gasteiger partial charge is 0.480 e. The van der Waals surface area contributed by atoms with E-state index in [9.17, 15) is 24.3 Å². The Bertz CT molecular complexity index is 514. The maximum Gasteiger partial charge on any atom is 0.372 e. The van der Waals surface area contributed by atoms with Crippen LogP contribution in [0.2, 0.25) is 0 Å². The maximum atomic E-state index is 11.3. The van der Waals surface area contributed by atoms with Gasteiger partial charge in [-0.2, -0.15) is 0 Å². The average molecular weight is 298 g/mol. The first-order chi connectivity index (χ1) is 9.68. The molecule has 114 valence electrons. The fourth-order valence-corrected chi connectivity index (χ4v) is 1.64. The average Bonchev–Trinajstić information content (AvgIpc) is 2.40. The molecule has 1 rings (SSSR count). The number of hydrogen-bond donors (Lipinski definition) is 3. The van der Waals surface area contributed by atoms with Crippen LogP contribution in [0.25, 0.3) is 0 Å². The number of carboxylic acids is 2. The Morgan fingerprint density at radius 1 is 1.19 bits per heavy atom. The van der Waals surface area contributed by atoms with Crippen molar-refractivity contribution in [1.29, 1.82) is 0 Å². The van der Waals surface area contributed by atoms with Crippen LogP contribution < -0.4 is 0 Å². The highest BCUT2D eigenvalue weighted by atomic mass is 16.6. The number of rotatable bonds is 6. The third kappa shape index (κ3) is 3.99. The molecule has 1 aliphatic rings. The van der Waals surface area contributed by atoms with Gasteiger partial charge in [0.2, 0.25) is 5.78 Å². The molecule has 0 aromatic carbocycles. The molecule has 3 N–H and O–H groups in total. The summed E-state index contributed by atoms with van der Waals surface area (Å²) in [4.78, 5) is 44.2. The van der Waals surface area contributed by atoms with Gasteiger partial charge in [0.05, 0.1) is 0 Å². The van der Waals surface area contributed by atoms with Crippen LogP contribution in [0.5, 0.6) is 0 Å². The van der Waals surface area contributed by atoms with Crippen LogP contribution in [0.15, 0.2) is 24.3 Å². The molecule has 0 heterocycles. The number of ether oxygens (including phenoxy) is 1. The Morgan fingerprint density at radius 2 is 1.71 bits per heavy atom. The molecule has 21 heavy (non-hydrogen) atoms. The van der Waals surface area contributed by atoms with Crippen LogP contribution in [0.1, 0.15) is 13.3 Å². The summed E-state index contributed by atoms with van der Waals surface area (Å²) in [5.41, 5.74) is -1.79. The van der Waals surface area contributed by atoms with E-state index < -0.39 is 47.7 Å². The summed E-state index contributed by atoms with van der Waals surface area (Å²) < 4.78 is 4.82. The zero-order valence-electron chi connectivity index (χ0n) is 11.1. The molecule has 0 aromatic rings. The first-order valence-corrected chi connectivity index (χ1v) is 5.95. The highest BCUT2D eigenvalue weighted by Crippen LogP contribution is 2.31. The number of ketones is 1. The number of carbonyl (C=O) groups excluding carboxylic acids is 2. The molecule has 0 aliphatic heterocycles. The predicted molar refractivity (Wildman–Crippen MR) is 67.2 cm³/mol. The van der Waals surface area contributed by atoms with Crippen molar-refractivity contribution in [2.24, 2.45) is 5.41 Å². The van der Waals surface area contributed by atoms with E-state index in [4.69, 9.17) is 14.9 Å². The van der Waals surface area contributed by atoms with Crippen LogP contribution in [0.3, 0.4) is 0 Å². The van der Waals surface area contributed by atoms with E-state index >= 15 is 0 Å². The second-order valence-electron chi connectivity index (χ2n) is 4.55. The van der Waals surface area contributed by atoms with Crippen molar-refractivity contribution in [3.05, 3.63) is 24.3 Å². The SMILES string of the molecule is CC(O)C(=O)OC1C=CC(CC(=O)C(=O)O)(C(=O)O)C=C1. The lowest BCUT2D eigenvalue weighted by Gasteiger charge is -2.25. The van der Waals surface area contributed by atoms with Gasteiger partial charge >= 0.3 is 17.9 Å².